The third-order valence-electron chi connectivity index (χ3n) is 5.83. The minimum Gasteiger partial charge on any atom is -0.493 e. The van der Waals surface area contributed by atoms with Crippen LogP contribution in [0.1, 0.15) is 54.7 Å². The van der Waals surface area contributed by atoms with Crippen LogP contribution in [-0.2, 0) is 6.42 Å². The second-order valence-electron chi connectivity index (χ2n) is 7.81. The molecular formula is C26H29NO2. The molecule has 3 heteroatoms. The van der Waals surface area contributed by atoms with Crippen LogP contribution in [0.4, 0.5) is 0 Å². The predicted octanol–water partition coefficient (Wildman–Crippen LogP) is 6.18. The summed E-state index contributed by atoms with van der Waals surface area (Å²) in [6.07, 6.45) is 11.1. The van der Waals surface area contributed by atoms with Crippen molar-refractivity contribution in [2.24, 2.45) is 0 Å². The van der Waals surface area contributed by atoms with Crippen molar-refractivity contribution < 1.29 is 9.47 Å². The van der Waals surface area contributed by atoms with E-state index in [2.05, 4.69) is 65.6 Å². The van der Waals surface area contributed by atoms with Crippen LogP contribution in [-0.4, -0.2) is 18.2 Å². The highest BCUT2D eigenvalue weighted by Gasteiger charge is 2.20. The lowest BCUT2D eigenvalue weighted by molar-refractivity contribution is 0.149. The molecule has 1 fully saturated rings. The highest BCUT2D eigenvalue weighted by molar-refractivity contribution is 5.47. The maximum absolute atomic E-state index is 6.30. The van der Waals surface area contributed by atoms with Crippen molar-refractivity contribution in [3.05, 3.63) is 89.7 Å². The molecule has 4 rings (SSSR count). The second kappa shape index (κ2) is 9.60. The maximum atomic E-state index is 6.30. The molecule has 1 aliphatic rings. The Morgan fingerprint density at radius 1 is 0.862 bits per heavy atom. The lowest BCUT2D eigenvalue weighted by Crippen LogP contribution is -2.20. The van der Waals surface area contributed by atoms with E-state index in [-0.39, 0.29) is 5.92 Å². The summed E-state index contributed by atoms with van der Waals surface area (Å²) in [6, 6.07) is 21.3. The second-order valence-corrected chi connectivity index (χ2v) is 7.81. The van der Waals surface area contributed by atoms with Gasteiger partial charge in [-0.3, -0.25) is 4.98 Å². The van der Waals surface area contributed by atoms with Gasteiger partial charge in [-0.2, -0.15) is 0 Å². The van der Waals surface area contributed by atoms with Gasteiger partial charge in [-0.25, -0.2) is 0 Å². The number of benzene rings is 2. The van der Waals surface area contributed by atoms with Crippen LogP contribution in [0.15, 0.2) is 73.1 Å². The van der Waals surface area contributed by atoms with Gasteiger partial charge in [0, 0.05) is 18.3 Å². The molecule has 1 aromatic heterocycles. The zero-order valence-corrected chi connectivity index (χ0v) is 17.1. The highest BCUT2D eigenvalue weighted by Crippen LogP contribution is 2.36. The summed E-state index contributed by atoms with van der Waals surface area (Å²) < 4.78 is 12.0. The molecule has 0 amide bonds. The van der Waals surface area contributed by atoms with Crippen LogP contribution in [0.3, 0.4) is 0 Å². The zero-order valence-electron chi connectivity index (χ0n) is 17.1. The number of pyridine rings is 1. The Bertz CT molecular complexity index is 889. The van der Waals surface area contributed by atoms with E-state index < -0.39 is 0 Å². The molecule has 0 spiro atoms. The van der Waals surface area contributed by atoms with Crippen LogP contribution in [0.25, 0.3) is 0 Å². The number of aromatic nitrogens is 1. The van der Waals surface area contributed by atoms with Crippen molar-refractivity contribution in [1.82, 2.24) is 4.98 Å². The molecule has 1 aliphatic carbocycles. The van der Waals surface area contributed by atoms with E-state index in [0.717, 1.165) is 30.8 Å². The number of hydrogen-bond donors (Lipinski definition) is 0. The Labute approximate surface area is 173 Å². The first-order chi connectivity index (χ1) is 14.3. The third-order valence-corrected chi connectivity index (χ3v) is 5.83. The normalized spacial score (nSPS) is 15.6. The molecule has 3 nitrogen and oxygen atoms in total. The summed E-state index contributed by atoms with van der Waals surface area (Å²) in [5, 5.41) is 0. The van der Waals surface area contributed by atoms with Crippen LogP contribution in [0, 0.1) is 0 Å². The van der Waals surface area contributed by atoms with E-state index in [0.29, 0.717) is 6.10 Å². The molecule has 0 aliphatic heterocycles. The van der Waals surface area contributed by atoms with Crippen molar-refractivity contribution in [2.75, 3.05) is 7.11 Å². The maximum Gasteiger partial charge on any atom is 0.161 e. The molecule has 0 bridgehead atoms. The first-order valence-electron chi connectivity index (χ1n) is 10.6. The van der Waals surface area contributed by atoms with E-state index >= 15 is 0 Å². The standard InChI is InChI=1S/C26H29NO2/c1-28-26-19-22(12-13-25(26)29-23-10-6-3-7-11-23)24(21-8-4-2-5-9-21)18-20-14-16-27-17-15-20/h2,4-5,8-9,12-17,19,23-24H,3,6-7,10-11,18H2,1H3. The van der Waals surface area contributed by atoms with Crippen molar-refractivity contribution in [3.8, 4) is 11.5 Å². The summed E-state index contributed by atoms with van der Waals surface area (Å²) in [5.74, 6) is 1.93. The molecule has 150 valence electrons. The van der Waals surface area contributed by atoms with Crippen molar-refractivity contribution in [2.45, 2.75) is 50.5 Å². The van der Waals surface area contributed by atoms with E-state index in [1.165, 1.54) is 36.0 Å². The topological polar surface area (TPSA) is 31.4 Å². The minimum absolute atomic E-state index is 0.247. The Hall–Kier alpha value is -2.81. The van der Waals surface area contributed by atoms with Crippen LogP contribution in [0.5, 0.6) is 11.5 Å². The SMILES string of the molecule is COc1cc(C(Cc2ccncc2)c2ccccc2)ccc1OC1CCCCC1. The molecule has 3 aromatic rings. The first-order valence-corrected chi connectivity index (χ1v) is 10.6. The van der Waals surface area contributed by atoms with Gasteiger partial charge in [-0.05, 0) is 73.1 Å². The summed E-state index contributed by atoms with van der Waals surface area (Å²) in [7, 11) is 1.73. The fourth-order valence-electron chi connectivity index (χ4n) is 4.23. The van der Waals surface area contributed by atoms with Crippen molar-refractivity contribution in [1.29, 1.82) is 0 Å². The summed E-state index contributed by atoms with van der Waals surface area (Å²) in [6.45, 7) is 0. The monoisotopic (exact) mass is 387 g/mol. The van der Waals surface area contributed by atoms with Gasteiger partial charge < -0.3 is 9.47 Å². The van der Waals surface area contributed by atoms with E-state index in [1.807, 2.05) is 12.4 Å². The molecular weight excluding hydrogens is 358 g/mol. The number of methoxy groups -OCH3 is 1. The fourth-order valence-corrected chi connectivity index (χ4v) is 4.23. The quantitative estimate of drug-likeness (QED) is 0.485. The van der Waals surface area contributed by atoms with Gasteiger partial charge in [0.2, 0.25) is 0 Å². The van der Waals surface area contributed by atoms with Gasteiger partial charge in [-0.15, -0.1) is 0 Å². The highest BCUT2D eigenvalue weighted by atomic mass is 16.5. The Balaban J connectivity index is 1.63. The molecule has 1 atom stereocenters. The largest absolute Gasteiger partial charge is 0.493 e. The van der Waals surface area contributed by atoms with Gasteiger partial charge in [0.1, 0.15) is 0 Å². The summed E-state index contributed by atoms with van der Waals surface area (Å²) in [4.78, 5) is 4.16. The molecule has 0 N–H and O–H groups in total. The van der Waals surface area contributed by atoms with Gasteiger partial charge >= 0.3 is 0 Å². The number of hydrogen-bond acceptors (Lipinski definition) is 3. The molecule has 1 saturated carbocycles. The van der Waals surface area contributed by atoms with Crippen LogP contribution >= 0.6 is 0 Å². The summed E-state index contributed by atoms with van der Waals surface area (Å²) in [5.41, 5.74) is 3.81. The average Bonchev–Trinajstić information content (AvgIpc) is 2.80. The van der Waals surface area contributed by atoms with E-state index in [1.54, 1.807) is 7.11 Å². The molecule has 1 unspecified atom stereocenters. The summed E-state index contributed by atoms with van der Waals surface area (Å²) >= 11 is 0. The van der Waals surface area contributed by atoms with Crippen LogP contribution in [0.2, 0.25) is 0 Å². The van der Waals surface area contributed by atoms with Gasteiger partial charge in [0.05, 0.1) is 13.2 Å². The molecule has 1 heterocycles. The lowest BCUT2D eigenvalue weighted by Gasteiger charge is -2.25. The Morgan fingerprint density at radius 3 is 2.34 bits per heavy atom. The smallest absolute Gasteiger partial charge is 0.161 e. The van der Waals surface area contributed by atoms with Crippen molar-refractivity contribution in [3.63, 3.8) is 0 Å². The molecule has 0 radical (unpaired) electrons. The van der Waals surface area contributed by atoms with E-state index in [4.69, 9.17) is 9.47 Å². The van der Waals surface area contributed by atoms with Crippen LogP contribution < -0.4 is 9.47 Å². The fraction of sp³-hybridized carbons (Fsp3) is 0.346. The average molecular weight is 388 g/mol. The molecule has 29 heavy (non-hydrogen) atoms. The first kappa shape index (κ1) is 19.5. The van der Waals surface area contributed by atoms with Gasteiger partial charge in [0.25, 0.3) is 0 Å². The number of rotatable bonds is 7. The zero-order chi connectivity index (χ0) is 19.9. The number of nitrogens with zero attached hydrogens (tertiary/aromatic N) is 1. The Kier molecular flexibility index (Phi) is 6.45. The molecule has 0 saturated heterocycles. The van der Waals surface area contributed by atoms with Gasteiger partial charge in [-0.1, -0.05) is 42.8 Å². The predicted molar refractivity (Wildman–Crippen MR) is 117 cm³/mol. The van der Waals surface area contributed by atoms with Gasteiger partial charge in [0.15, 0.2) is 11.5 Å². The molecule has 2 aromatic carbocycles. The van der Waals surface area contributed by atoms with Crippen molar-refractivity contribution >= 4 is 0 Å². The Morgan fingerprint density at radius 2 is 1.62 bits per heavy atom. The minimum atomic E-state index is 0.247. The van der Waals surface area contributed by atoms with E-state index in [9.17, 15) is 0 Å². The number of ether oxygens (including phenoxy) is 2. The lowest BCUT2D eigenvalue weighted by atomic mass is 9.86. The third kappa shape index (κ3) is 4.97.